The van der Waals surface area contributed by atoms with E-state index in [2.05, 4.69) is 12.2 Å². The average Bonchev–Trinajstić information content (AvgIpc) is 2.86. The third kappa shape index (κ3) is 2.04. The first-order chi connectivity index (χ1) is 7.95. The molecule has 0 aromatic heterocycles. The summed E-state index contributed by atoms with van der Waals surface area (Å²) in [4.78, 5) is 0. The molecule has 90 valence electrons. The normalized spacial score (nSPS) is 44.0. The summed E-state index contributed by atoms with van der Waals surface area (Å²) in [6.45, 7) is 4.61. The second-order valence-electron chi connectivity index (χ2n) is 5.04. The van der Waals surface area contributed by atoms with Crippen LogP contribution in [-0.4, -0.2) is 39.6 Å². The Morgan fingerprint density at radius 1 is 0.688 bits per heavy atom. The van der Waals surface area contributed by atoms with Crippen molar-refractivity contribution in [2.75, 3.05) is 39.6 Å². The highest BCUT2D eigenvalue weighted by atomic mass is 16.5. The van der Waals surface area contributed by atoms with E-state index >= 15 is 0 Å². The summed E-state index contributed by atoms with van der Waals surface area (Å²) in [7, 11) is 0. The maximum absolute atomic E-state index is 5.72. The maximum Gasteiger partial charge on any atom is 0.0701 e. The molecule has 0 amide bonds. The van der Waals surface area contributed by atoms with Gasteiger partial charge in [0.2, 0.25) is 0 Å². The van der Waals surface area contributed by atoms with Gasteiger partial charge in [-0.25, -0.2) is 0 Å². The first-order valence-corrected chi connectivity index (χ1v) is 6.37. The van der Waals surface area contributed by atoms with E-state index in [-0.39, 0.29) is 0 Å². The zero-order valence-corrected chi connectivity index (χ0v) is 9.64. The van der Waals surface area contributed by atoms with Gasteiger partial charge in [-0.2, -0.15) is 0 Å². The van der Waals surface area contributed by atoms with Crippen LogP contribution in [0.1, 0.15) is 6.42 Å². The average molecular weight is 224 g/mol. The van der Waals surface area contributed by atoms with Crippen molar-refractivity contribution in [2.24, 2.45) is 23.7 Å². The minimum absolute atomic E-state index is 0.674. The lowest BCUT2D eigenvalue weighted by molar-refractivity contribution is 0.0212. The van der Waals surface area contributed by atoms with Gasteiger partial charge in [-0.05, 0) is 30.1 Å². The number of allylic oxidation sites excluding steroid dienone is 2. The zero-order valence-electron chi connectivity index (χ0n) is 9.64. The summed E-state index contributed by atoms with van der Waals surface area (Å²) in [6.07, 6.45) is 6.08. The van der Waals surface area contributed by atoms with Crippen molar-refractivity contribution in [3.8, 4) is 0 Å². The molecule has 3 rings (SSSR count). The van der Waals surface area contributed by atoms with Gasteiger partial charge in [0.1, 0.15) is 0 Å². The summed E-state index contributed by atoms with van der Waals surface area (Å²) < 4.78 is 16.8. The minimum atomic E-state index is 0.674. The van der Waals surface area contributed by atoms with Gasteiger partial charge in [0.05, 0.1) is 39.6 Å². The summed E-state index contributed by atoms with van der Waals surface area (Å²) in [6, 6.07) is 0. The van der Waals surface area contributed by atoms with Gasteiger partial charge in [0.15, 0.2) is 0 Å². The van der Waals surface area contributed by atoms with Gasteiger partial charge >= 0.3 is 0 Å². The molecule has 2 bridgehead atoms. The number of fused-ring (bicyclic) bond motifs is 5. The summed E-state index contributed by atoms with van der Waals surface area (Å²) in [5.74, 6) is 2.82. The fraction of sp³-hybridized carbons (Fsp3) is 0.846. The Kier molecular flexibility index (Phi) is 3.27. The van der Waals surface area contributed by atoms with E-state index in [0.717, 1.165) is 38.3 Å². The van der Waals surface area contributed by atoms with Crippen LogP contribution in [0.25, 0.3) is 0 Å². The minimum Gasteiger partial charge on any atom is -0.379 e. The van der Waals surface area contributed by atoms with Crippen molar-refractivity contribution in [3.05, 3.63) is 12.2 Å². The van der Waals surface area contributed by atoms with E-state index in [4.69, 9.17) is 14.2 Å². The molecule has 4 atom stereocenters. The van der Waals surface area contributed by atoms with Crippen molar-refractivity contribution >= 4 is 0 Å². The molecular formula is C13H20O3. The SMILES string of the molecule is C1=CC2CC1C1COCCOCCOCC21. The fourth-order valence-corrected chi connectivity index (χ4v) is 3.30. The van der Waals surface area contributed by atoms with Crippen LogP contribution in [0.2, 0.25) is 0 Å². The summed E-state index contributed by atoms with van der Waals surface area (Å²) in [5, 5.41) is 0. The fourth-order valence-electron chi connectivity index (χ4n) is 3.30. The van der Waals surface area contributed by atoms with Crippen molar-refractivity contribution in [3.63, 3.8) is 0 Å². The number of rotatable bonds is 0. The van der Waals surface area contributed by atoms with Crippen LogP contribution in [-0.2, 0) is 14.2 Å². The van der Waals surface area contributed by atoms with Crippen LogP contribution >= 0.6 is 0 Å². The molecule has 4 unspecified atom stereocenters. The third-order valence-corrected chi connectivity index (χ3v) is 4.16. The molecule has 2 aliphatic carbocycles. The molecule has 0 aromatic carbocycles. The number of hydrogen-bond acceptors (Lipinski definition) is 3. The molecule has 3 nitrogen and oxygen atoms in total. The molecule has 0 N–H and O–H groups in total. The molecule has 16 heavy (non-hydrogen) atoms. The molecule has 1 aliphatic heterocycles. The second kappa shape index (κ2) is 4.86. The smallest absolute Gasteiger partial charge is 0.0701 e. The lowest BCUT2D eigenvalue weighted by Gasteiger charge is -2.27. The predicted octanol–water partition coefficient (Wildman–Crippen LogP) is 1.49. The topological polar surface area (TPSA) is 27.7 Å². The molecular weight excluding hydrogens is 204 g/mol. The molecule has 3 heteroatoms. The largest absolute Gasteiger partial charge is 0.379 e. The Hall–Kier alpha value is -0.380. The monoisotopic (exact) mass is 224 g/mol. The van der Waals surface area contributed by atoms with Gasteiger partial charge in [-0.1, -0.05) is 12.2 Å². The van der Waals surface area contributed by atoms with Gasteiger partial charge in [-0.3, -0.25) is 0 Å². The van der Waals surface area contributed by atoms with Crippen LogP contribution in [0.4, 0.5) is 0 Å². The first kappa shape index (κ1) is 10.8. The first-order valence-electron chi connectivity index (χ1n) is 6.37. The highest BCUT2D eigenvalue weighted by molar-refractivity contribution is 5.13. The lowest BCUT2D eigenvalue weighted by Crippen LogP contribution is -2.28. The van der Waals surface area contributed by atoms with Gasteiger partial charge in [-0.15, -0.1) is 0 Å². The van der Waals surface area contributed by atoms with Crippen molar-refractivity contribution in [2.45, 2.75) is 6.42 Å². The van der Waals surface area contributed by atoms with E-state index in [1.165, 1.54) is 6.42 Å². The summed E-state index contributed by atoms with van der Waals surface area (Å²) in [5.41, 5.74) is 0. The molecule has 0 spiro atoms. The predicted molar refractivity (Wildman–Crippen MR) is 60.2 cm³/mol. The highest BCUT2D eigenvalue weighted by Gasteiger charge is 2.44. The van der Waals surface area contributed by atoms with Crippen LogP contribution in [0, 0.1) is 23.7 Å². The van der Waals surface area contributed by atoms with Gasteiger partial charge in [0.25, 0.3) is 0 Å². The van der Waals surface area contributed by atoms with Crippen molar-refractivity contribution in [1.29, 1.82) is 0 Å². The van der Waals surface area contributed by atoms with Gasteiger partial charge < -0.3 is 14.2 Å². The highest BCUT2D eigenvalue weighted by Crippen LogP contribution is 2.48. The second-order valence-corrected chi connectivity index (χ2v) is 5.04. The maximum atomic E-state index is 5.72. The Morgan fingerprint density at radius 3 is 1.75 bits per heavy atom. The van der Waals surface area contributed by atoms with E-state index in [1.807, 2.05) is 0 Å². The lowest BCUT2D eigenvalue weighted by atomic mass is 9.84. The third-order valence-electron chi connectivity index (χ3n) is 4.16. The molecule has 1 saturated carbocycles. The molecule has 3 aliphatic rings. The number of ether oxygens (including phenoxy) is 3. The molecule has 1 heterocycles. The van der Waals surface area contributed by atoms with Crippen molar-refractivity contribution in [1.82, 2.24) is 0 Å². The Morgan fingerprint density at radius 2 is 1.19 bits per heavy atom. The standard InChI is InChI=1S/C13H20O3/c1-2-11-7-10(1)12-8-15-5-3-14-4-6-16-9-13(11)12/h1-2,10-13H,3-9H2. The summed E-state index contributed by atoms with van der Waals surface area (Å²) >= 11 is 0. The Bertz CT molecular complexity index is 240. The zero-order chi connectivity index (χ0) is 10.8. The van der Waals surface area contributed by atoms with Gasteiger partial charge in [0, 0.05) is 0 Å². The number of hydrogen-bond donors (Lipinski definition) is 0. The van der Waals surface area contributed by atoms with Crippen LogP contribution < -0.4 is 0 Å². The van der Waals surface area contributed by atoms with E-state index < -0.39 is 0 Å². The van der Waals surface area contributed by atoms with E-state index in [9.17, 15) is 0 Å². The molecule has 1 saturated heterocycles. The Balaban J connectivity index is 1.65. The van der Waals surface area contributed by atoms with Crippen LogP contribution in [0.5, 0.6) is 0 Å². The molecule has 2 fully saturated rings. The molecule has 0 radical (unpaired) electrons. The van der Waals surface area contributed by atoms with E-state index in [0.29, 0.717) is 25.0 Å². The Labute approximate surface area is 96.8 Å². The van der Waals surface area contributed by atoms with E-state index in [1.54, 1.807) is 0 Å². The van der Waals surface area contributed by atoms with Crippen molar-refractivity contribution < 1.29 is 14.2 Å². The van der Waals surface area contributed by atoms with Crippen LogP contribution in [0.3, 0.4) is 0 Å². The molecule has 0 aromatic rings. The van der Waals surface area contributed by atoms with Crippen LogP contribution in [0.15, 0.2) is 12.2 Å². The quantitative estimate of drug-likeness (QED) is 0.583.